The Labute approximate surface area is 426 Å². The van der Waals surface area contributed by atoms with Crippen LogP contribution in [0.3, 0.4) is 0 Å². The molecular weight excluding hydrogens is 1020 g/mol. The molecule has 2 saturated heterocycles. The molecule has 2 fully saturated rings. The molecule has 25 nitrogen and oxygen atoms in total. The number of nitrogens with two attached hydrogens (primary N) is 1. The van der Waals surface area contributed by atoms with E-state index in [4.69, 9.17) is 19.5 Å². The van der Waals surface area contributed by atoms with Crippen molar-refractivity contribution in [1.82, 2.24) is 24.8 Å². The Morgan fingerprint density at radius 3 is 2.17 bits per heavy atom. The number of rotatable bonds is 16. The summed E-state index contributed by atoms with van der Waals surface area (Å²) < 4.78 is 46.6. The van der Waals surface area contributed by atoms with Gasteiger partial charge in [-0.2, -0.15) is 9.30 Å². The van der Waals surface area contributed by atoms with Crippen molar-refractivity contribution in [3.63, 3.8) is 0 Å². The summed E-state index contributed by atoms with van der Waals surface area (Å²) >= 11 is 0. The third kappa shape index (κ3) is 9.55. The summed E-state index contributed by atoms with van der Waals surface area (Å²) in [6, 6.07) is 27.7. The van der Waals surface area contributed by atoms with Crippen LogP contribution < -0.4 is 20.9 Å². The standard InChI is InChI=1S/C48H51N9O16P2/c1-24-15-32-33(16-25(24)2)57-37(60)18-31(28-13-11-27(12-14-28)30-10-6-9-29(17-30)26-7-4-3-5-8-26)48(57)45(53-47(65)54-46(48)64)55(32)19-34(58)39(61)35(59)20-70-74(66,67)73-75(68,69)71-21-36-40(62)41(63)44(72-36)56-23-52-38-42(49)50-22-51-43(38)56/h3-17,22-23,31,34-37,39-41,44,58-63H,18-21H2,1-2H3,(H,66,67)(H,68,69)(H2,49,50,51)(H,54,64,65)/t31-,34-,35+,36+,37+,39-,40+,41+,44+,48-/m0/s1. The highest BCUT2D eigenvalue weighted by atomic mass is 31.3. The lowest BCUT2D eigenvalue weighted by molar-refractivity contribution is -0.123. The molecule has 2 unspecified atom stereocenters. The number of aliphatic imine (C=N–C) groups is 1. The Kier molecular flexibility index (Phi) is 13.9. The number of amides is 3. The van der Waals surface area contributed by atoms with E-state index in [1.54, 1.807) is 19.1 Å². The van der Waals surface area contributed by atoms with Crippen molar-refractivity contribution in [1.29, 1.82) is 0 Å². The van der Waals surface area contributed by atoms with Gasteiger partial charge in [0.2, 0.25) is 0 Å². The molecule has 0 bridgehead atoms. The van der Waals surface area contributed by atoms with Gasteiger partial charge in [0.15, 0.2) is 29.1 Å². The molecule has 1 spiro atoms. The van der Waals surface area contributed by atoms with Gasteiger partial charge in [0.25, 0.3) is 5.91 Å². The number of hydrogen-bond donors (Lipinski definition) is 10. The summed E-state index contributed by atoms with van der Waals surface area (Å²) in [5.41, 5.74) is 10.7. The fourth-order valence-electron chi connectivity index (χ4n) is 10.1. The number of ether oxygens (including phenoxy) is 1. The average Bonchev–Trinajstić information content (AvgIpc) is 4.04. The molecule has 6 heterocycles. The lowest BCUT2D eigenvalue weighted by Gasteiger charge is -2.52. The number of nitrogens with zero attached hydrogens (tertiary/aromatic N) is 7. The lowest BCUT2D eigenvalue weighted by Crippen LogP contribution is -2.74. The van der Waals surface area contributed by atoms with E-state index in [-0.39, 0.29) is 34.9 Å². The molecular formula is C48H51N9O16P2. The van der Waals surface area contributed by atoms with Crippen molar-refractivity contribution in [2.24, 2.45) is 4.99 Å². The molecule has 0 aliphatic carbocycles. The fraction of sp³-hybridized carbons (Fsp3) is 0.333. The zero-order valence-corrected chi connectivity index (χ0v) is 41.6. The number of benzene rings is 4. The van der Waals surface area contributed by atoms with Crippen LogP contribution in [0.25, 0.3) is 33.4 Å². The number of carbonyl (C=O) groups excluding carboxylic acids is 2. The van der Waals surface area contributed by atoms with E-state index in [0.717, 1.165) is 39.7 Å². The lowest BCUT2D eigenvalue weighted by atomic mass is 9.75. The monoisotopic (exact) mass is 1070 g/mol. The number of imide groups is 1. The molecule has 6 aromatic rings. The second kappa shape index (κ2) is 20.0. The van der Waals surface area contributed by atoms with Crippen molar-refractivity contribution in [3.8, 4) is 22.3 Å². The minimum atomic E-state index is -5.65. The Hall–Kier alpha value is -6.38. The summed E-state index contributed by atoms with van der Waals surface area (Å²) in [4.78, 5) is 67.8. The van der Waals surface area contributed by atoms with Gasteiger partial charge in [-0.05, 0) is 71.0 Å². The number of hydrogen-bond acceptors (Lipinski definition) is 20. The minimum absolute atomic E-state index is 0.0176. The van der Waals surface area contributed by atoms with Crippen molar-refractivity contribution in [2.75, 3.05) is 35.3 Å². The van der Waals surface area contributed by atoms with Gasteiger partial charge in [-0.25, -0.2) is 28.9 Å². The van der Waals surface area contributed by atoms with E-state index < -0.39 is 108 Å². The maximum Gasteiger partial charge on any atom is 0.481 e. The summed E-state index contributed by atoms with van der Waals surface area (Å²) in [6.07, 6.45) is -11.7. The SMILES string of the molecule is Cc1cc2c(cc1C)N1[C@H](O)C[C@@H](c3ccc(-c4cccc(-c5ccccc5)c4)cc3)[C@]13C(=O)NC(=O)N=C3N2C[C@H](O)[C@H](O)[C@H](O)COP(=O)(O)OP(=O)(O)OC[C@H]1O[C@@H](n2cnc3c(N)ncnc32)[C@H](O)[C@@H]1O. The number of amidine groups is 1. The molecule has 27 heteroatoms. The molecule has 0 saturated carbocycles. The van der Waals surface area contributed by atoms with Gasteiger partial charge < -0.3 is 60.7 Å². The number of phosphoric acid groups is 2. The van der Waals surface area contributed by atoms with Crippen molar-refractivity contribution in [2.45, 2.75) is 80.8 Å². The number of aliphatic hydroxyl groups excluding tert-OH is 6. The third-order valence-electron chi connectivity index (χ3n) is 13.9. The van der Waals surface area contributed by atoms with Crippen molar-refractivity contribution >= 4 is 61.8 Å². The number of imidazole rings is 1. The summed E-state index contributed by atoms with van der Waals surface area (Å²) in [5, 5.41) is 69.6. The number of β-amino-alcohol motifs (C(OH)–C–C–N with tert-alkyl or cyclic N) is 1. The molecule has 12 atom stereocenters. The fourth-order valence-corrected chi connectivity index (χ4v) is 12.2. The molecule has 4 aliphatic heterocycles. The number of urea groups is 1. The Balaban J connectivity index is 0.843. The molecule has 75 heavy (non-hydrogen) atoms. The number of nitrogens with one attached hydrogen (secondary N) is 1. The Morgan fingerprint density at radius 2 is 1.47 bits per heavy atom. The molecule has 394 valence electrons. The molecule has 10 rings (SSSR count). The third-order valence-corrected chi connectivity index (χ3v) is 16.5. The number of aromatic nitrogens is 4. The zero-order chi connectivity index (χ0) is 53.3. The first-order chi connectivity index (χ1) is 35.7. The van der Waals surface area contributed by atoms with Crippen LogP contribution in [-0.2, 0) is 32.0 Å². The van der Waals surface area contributed by atoms with Gasteiger partial charge in [-0.3, -0.25) is 23.7 Å². The highest BCUT2D eigenvalue weighted by molar-refractivity contribution is 7.61. The predicted octanol–water partition coefficient (Wildman–Crippen LogP) is 2.53. The maximum atomic E-state index is 14.7. The van der Waals surface area contributed by atoms with E-state index in [9.17, 15) is 59.1 Å². The second-order valence-electron chi connectivity index (χ2n) is 18.6. The van der Waals surface area contributed by atoms with E-state index >= 15 is 0 Å². The van der Waals surface area contributed by atoms with Crippen LogP contribution in [0.5, 0.6) is 0 Å². The van der Waals surface area contributed by atoms with Gasteiger partial charge in [0.1, 0.15) is 54.7 Å². The largest absolute Gasteiger partial charge is 0.481 e. The number of nitrogen functional groups attached to an aromatic ring is 1. The van der Waals surface area contributed by atoms with Gasteiger partial charge in [-0.15, -0.1) is 0 Å². The van der Waals surface area contributed by atoms with Crippen LogP contribution in [-0.4, -0.2) is 146 Å². The summed E-state index contributed by atoms with van der Waals surface area (Å²) in [6.45, 7) is 0.676. The summed E-state index contributed by atoms with van der Waals surface area (Å²) in [5.74, 6) is -1.87. The molecule has 2 aromatic heterocycles. The van der Waals surface area contributed by atoms with Gasteiger partial charge >= 0.3 is 21.7 Å². The zero-order valence-electron chi connectivity index (χ0n) is 39.8. The number of aliphatic hydroxyl groups is 6. The van der Waals surface area contributed by atoms with E-state index in [1.165, 1.54) is 20.7 Å². The predicted molar refractivity (Wildman–Crippen MR) is 266 cm³/mol. The minimum Gasteiger partial charge on any atom is -0.388 e. The first kappa shape index (κ1) is 52.1. The number of fused-ring (bicyclic) bond motifs is 3. The Morgan fingerprint density at radius 1 is 0.813 bits per heavy atom. The highest BCUT2D eigenvalue weighted by Gasteiger charge is 2.67. The molecule has 4 aromatic carbocycles. The van der Waals surface area contributed by atoms with Crippen LogP contribution in [0.2, 0.25) is 0 Å². The number of carbonyl (C=O) groups is 2. The van der Waals surface area contributed by atoms with Crippen LogP contribution >= 0.6 is 15.6 Å². The first-order valence-corrected chi connectivity index (χ1v) is 26.4. The molecule has 0 radical (unpaired) electrons. The average molecular weight is 1070 g/mol. The second-order valence-corrected chi connectivity index (χ2v) is 21.6. The quantitative estimate of drug-likeness (QED) is 0.0623. The van der Waals surface area contributed by atoms with E-state index in [1.807, 2.05) is 79.7 Å². The molecule has 11 N–H and O–H groups in total. The smallest absolute Gasteiger partial charge is 0.388 e. The highest BCUT2D eigenvalue weighted by Crippen LogP contribution is 2.61. The van der Waals surface area contributed by atoms with Gasteiger partial charge in [0.05, 0.1) is 37.5 Å². The van der Waals surface area contributed by atoms with Gasteiger partial charge in [-0.1, -0.05) is 72.8 Å². The maximum absolute atomic E-state index is 14.7. The van der Waals surface area contributed by atoms with E-state index in [0.29, 0.717) is 11.3 Å². The topological polar surface area (TPSA) is 368 Å². The van der Waals surface area contributed by atoms with E-state index in [2.05, 4.69) is 35.6 Å². The van der Waals surface area contributed by atoms with Crippen molar-refractivity contribution < 1.29 is 77.2 Å². The number of phosphoric ester groups is 2. The van der Waals surface area contributed by atoms with Crippen LogP contribution in [0, 0.1) is 13.8 Å². The summed E-state index contributed by atoms with van der Waals surface area (Å²) in [7, 11) is -11.2. The number of aryl methyl sites for hydroxylation is 2. The van der Waals surface area contributed by atoms with Crippen molar-refractivity contribution in [3.05, 3.63) is 120 Å². The molecule has 3 amide bonds. The van der Waals surface area contributed by atoms with Crippen LogP contribution in [0.1, 0.15) is 35.3 Å². The number of anilines is 3. The molecule has 4 aliphatic rings. The first-order valence-electron chi connectivity index (χ1n) is 23.4. The van der Waals surface area contributed by atoms with Crippen LogP contribution in [0.15, 0.2) is 109 Å². The van der Waals surface area contributed by atoms with Crippen LogP contribution in [0.4, 0.5) is 22.0 Å². The Bertz CT molecular complexity index is 3320. The normalized spacial score (nSPS) is 26.1. The van der Waals surface area contributed by atoms with Gasteiger partial charge in [0, 0.05) is 12.3 Å².